The molecule has 0 spiro atoms. The number of carbonyl (C=O) groups is 1. The fourth-order valence-electron chi connectivity index (χ4n) is 4.45. The lowest BCUT2D eigenvalue weighted by atomic mass is 9.86. The van der Waals surface area contributed by atoms with Gasteiger partial charge in [0.25, 0.3) is 5.91 Å². The third kappa shape index (κ3) is 3.63. The molecule has 1 amide bonds. The van der Waals surface area contributed by atoms with E-state index in [0.717, 1.165) is 16.7 Å². The summed E-state index contributed by atoms with van der Waals surface area (Å²) in [6, 6.07) is 20.8. The molecule has 5 heteroatoms. The van der Waals surface area contributed by atoms with Crippen molar-refractivity contribution in [3.8, 4) is 0 Å². The van der Waals surface area contributed by atoms with Gasteiger partial charge in [0.2, 0.25) is 5.76 Å². The lowest BCUT2D eigenvalue weighted by Gasteiger charge is -2.26. The van der Waals surface area contributed by atoms with E-state index in [4.69, 9.17) is 4.42 Å². The van der Waals surface area contributed by atoms with Crippen LogP contribution in [-0.4, -0.2) is 10.8 Å². The van der Waals surface area contributed by atoms with Crippen molar-refractivity contribution in [2.24, 2.45) is 0 Å². The molecule has 0 fully saturated rings. The van der Waals surface area contributed by atoms with Crippen LogP contribution < -0.4 is 5.43 Å². The minimum Gasteiger partial charge on any atom is -0.450 e. The lowest BCUT2D eigenvalue weighted by Crippen LogP contribution is -2.29. The Hall–Kier alpha value is -3.73. The molecule has 0 saturated carbocycles. The van der Waals surface area contributed by atoms with Gasteiger partial charge in [-0.1, -0.05) is 75.4 Å². The molecular formula is C28H24FNO3. The van der Waals surface area contributed by atoms with Gasteiger partial charge in [0.1, 0.15) is 11.4 Å². The quantitative estimate of drug-likeness (QED) is 0.393. The van der Waals surface area contributed by atoms with E-state index < -0.39 is 11.9 Å². The predicted molar refractivity (Wildman–Crippen MR) is 126 cm³/mol. The van der Waals surface area contributed by atoms with Gasteiger partial charge < -0.3 is 9.32 Å². The first-order valence-electron chi connectivity index (χ1n) is 11.0. The maximum atomic E-state index is 13.9. The van der Waals surface area contributed by atoms with E-state index in [2.05, 4.69) is 20.8 Å². The average Bonchev–Trinajstić information content (AvgIpc) is 3.06. The summed E-state index contributed by atoms with van der Waals surface area (Å²) in [5.74, 6) is -0.840. The summed E-state index contributed by atoms with van der Waals surface area (Å²) >= 11 is 0. The first-order valence-corrected chi connectivity index (χ1v) is 11.0. The minimum absolute atomic E-state index is 0.0277. The van der Waals surface area contributed by atoms with E-state index in [1.165, 1.54) is 18.2 Å². The number of rotatable bonds is 3. The van der Waals surface area contributed by atoms with Crippen LogP contribution in [0.1, 0.15) is 59.6 Å². The molecule has 33 heavy (non-hydrogen) atoms. The topological polar surface area (TPSA) is 50.5 Å². The van der Waals surface area contributed by atoms with Gasteiger partial charge in [-0.15, -0.1) is 0 Å². The van der Waals surface area contributed by atoms with E-state index in [9.17, 15) is 14.0 Å². The standard InChI is InChI=1S/C28H24FNO3/c1-28(2,3)19-11-9-18(10-12-19)24-23-25(31)21-15-20(29)13-14-22(21)33-26(23)27(32)30(24)16-17-7-5-4-6-8-17/h4-15,24H,16H2,1-3H3/t24-/m0/s1. The Morgan fingerprint density at radius 2 is 1.64 bits per heavy atom. The normalized spacial score (nSPS) is 15.8. The molecule has 0 N–H and O–H groups in total. The molecule has 2 heterocycles. The van der Waals surface area contributed by atoms with E-state index in [0.29, 0.717) is 6.54 Å². The number of amides is 1. The Bertz CT molecular complexity index is 1420. The van der Waals surface area contributed by atoms with Crippen LogP contribution in [0, 0.1) is 5.82 Å². The van der Waals surface area contributed by atoms with Crippen molar-refractivity contribution in [3.05, 3.63) is 117 Å². The molecule has 0 bridgehead atoms. The highest BCUT2D eigenvalue weighted by molar-refractivity contribution is 5.99. The Morgan fingerprint density at radius 1 is 0.939 bits per heavy atom. The van der Waals surface area contributed by atoms with Gasteiger partial charge in [-0.3, -0.25) is 9.59 Å². The zero-order valence-corrected chi connectivity index (χ0v) is 18.8. The highest BCUT2D eigenvalue weighted by Crippen LogP contribution is 2.39. The number of hydrogen-bond acceptors (Lipinski definition) is 3. The van der Waals surface area contributed by atoms with Crippen molar-refractivity contribution in [1.82, 2.24) is 4.90 Å². The lowest BCUT2D eigenvalue weighted by molar-refractivity contribution is 0.0714. The molecule has 1 aromatic heterocycles. The Kier molecular flexibility index (Phi) is 4.93. The van der Waals surface area contributed by atoms with Crippen molar-refractivity contribution in [2.45, 2.75) is 38.8 Å². The SMILES string of the molecule is CC(C)(C)c1ccc([C@H]2c3c(oc4ccc(F)cc4c3=O)C(=O)N2Cc2ccccc2)cc1. The summed E-state index contributed by atoms with van der Waals surface area (Å²) < 4.78 is 19.8. The Balaban J connectivity index is 1.71. The van der Waals surface area contributed by atoms with Gasteiger partial charge in [0.15, 0.2) is 5.43 Å². The predicted octanol–water partition coefficient (Wildman–Crippen LogP) is 5.98. The number of hydrogen-bond donors (Lipinski definition) is 0. The smallest absolute Gasteiger partial charge is 0.291 e. The summed E-state index contributed by atoms with van der Waals surface area (Å²) in [6.07, 6.45) is 0. The third-order valence-electron chi connectivity index (χ3n) is 6.22. The van der Waals surface area contributed by atoms with Gasteiger partial charge in [-0.05, 0) is 40.3 Å². The number of carbonyl (C=O) groups excluding carboxylic acids is 1. The minimum atomic E-state index is -0.620. The summed E-state index contributed by atoms with van der Waals surface area (Å²) in [5.41, 5.74) is 2.97. The molecule has 5 rings (SSSR count). The second kappa shape index (κ2) is 7.69. The van der Waals surface area contributed by atoms with Gasteiger partial charge in [0, 0.05) is 6.54 Å². The molecular weight excluding hydrogens is 417 g/mol. The average molecular weight is 442 g/mol. The largest absolute Gasteiger partial charge is 0.450 e. The van der Waals surface area contributed by atoms with E-state index >= 15 is 0 Å². The monoisotopic (exact) mass is 441 g/mol. The van der Waals surface area contributed by atoms with Crippen LogP contribution in [0.15, 0.2) is 82.0 Å². The van der Waals surface area contributed by atoms with Crippen LogP contribution in [0.25, 0.3) is 11.0 Å². The second-order valence-corrected chi connectivity index (χ2v) is 9.51. The number of nitrogens with zero attached hydrogens (tertiary/aromatic N) is 1. The van der Waals surface area contributed by atoms with E-state index in [-0.39, 0.29) is 39.0 Å². The Labute approximate surface area is 191 Å². The first kappa shape index (κ1) is 21.1. The van der Waals surface area contributed by atoms with E-state index in [1.54, 1.807) is 4.90 Å². The fraction of sp³-hybridized carbons (Fsp3) is 0.214. The highest BCUT2D eigenvalue weighted by atomic mass is 19.1. The van der Waals surface area contributed by atoms with Gasteiger partial charge in [0.05, 0.1) is 17.0 Å². The number of halogens is 1. The zero-order chi connectivity index (χ0) is 23.3. The molecule has 1 aliphatic heterocycles. The van der Waals surface area contributed by atoms with Crippen molar-refractivity contribution in [3.63, 3.8) is 0 Å². The summed E-state index contributed by atoms with van der Waals surface area (Å²) in [6.45, 7) is 6.72. The molecule has 1 aliphatic rings. The van der Waals surface area contributed by atoms with Crippen molar-refractivity contribution in [1.29, 1.82) is 0 Å². The summed E-state index contributed by atoms with van der Waals surface area (Å²) in [4.78, 5) is 28.7. The molecule has 0 saturated heterocycles. The van der Waals surface area contributed by atoms with Gasteiger partial charge in [-0.25, -0.2) is 4.39 Å². The number of benzene rings is 3. The van der Waals surface area contributed by atoms with Crippen LogP contribution in [-0.2, 0) is 12.0 Å². The highest BCUT2D eigenvalue weighted by Gasteiger charge is 2.42. The molecule has 1 atom stereocenters. The second-order valence-electron chi connectivity index (χ2n) is 9.51. The van der Waals surface area contributed by atoms with E-state index in [1.807, 2.05) is 54.6 Å². The maximum Gasteiger partial charge on any atom is 0.291 e. The van der Waals surface area contributed by atoms with Crippen LogP contribution in [0.3, 0.4) is 0 Å². The van der Waals surface area contributed by atoms with Crippen LogP contribution in [0.2, 0.25) is 0 Å². The Morgan fingerprint density at radius 3 is 2.30 bits per heavy atom. The van der Waals surface area contributed by atoms with Crippen molar-refractivity contribution >= 4 is 16.9 Å². The summed E-state index contributed by atoms with van der Waals surface area (Å²) in [7, 11) is 0. The van der Waals surface area contributed by atoms with Crippen LogP contribution in [0.5, 0.6) is 0 Å². The molecule has 0 radical (unpaired) electrons. The molecule has 0 aliphatic carbocycles. The first-order chi connectivity index (χ1) is 15.7. The third-order valence-corrected chi connectivity index (χ3v) is 6.22. The molecule has 166 valence electrons. The van der Waals surface area contributed by atoms with Crippen molar-refractivity contribution in [2.75, 3.05) is 0 Å². The van der Waals surface area contributed by atoms with Gasteiger partial charge >= 0.3 is 0 Å². The molecule has 3 aromatic carbocycles. The molecule has 0 unspecified atom stereocenters. The maximum absolute atomic E-state index is 13.9. The zero-order valence-electron chi connectivity index (χ0n) is 18.8. The number of fused-ring (bicyclic) bond motifs is 2. The fourth-order valence-corrected chi connectivity index (χ4v) is 4.45. The van der Waals surface area contributed by atoms with Crippen molar-refractivity contribution < 1.29 is 13.6 Å². The summed E-state index contributed by atoms with van der Waals surface area (Å²) in [5, 5.41) is 0.138. The van der Waals surface area contributed by atoms with Crippen LogP contribution >= 0.6 is 0 Å². The van der Waals surface area contributed by atoms with Gasteiger partial charge in [-0.2, -0.15) is 0 Å². The molecule has 4 aromatic rings. The van der Waals surface area contributed by atoms with Crippen LogP contribution in [0.4, 0.5) is 4.39 Å². The molecule has 4 nitrogen and oxygen atoms in total.